The second-order valence-electron chi connectivity index (χ2n) is 10.9. The lowest BCUT2D eigenvalue weighted by Gasteiger charge is -2.10. The molecule has 9 rings (SSSR count). The number of furan rings is 1. The number of rotatable bonds is 4. The summed E-state index contributed by atoms with van der Waals surface area (Å²) >= 11 is 0. The van der Waals surface area contributed by atoms with Crippen molar-refractivity contribution in [3.8, 4) is 39.9 Å². The molecule has 0 atom stereocenters. The number of fused-ring (bicyclic) bond motifs is 6. The lowest BCUT2D eigenvalue weighted by atomic mass is 10.1. The predicted molar refractivity (Wildman–Crippen MR) is 178 cm³/mol. The topological polar surface area (TPSA) is 56.7 Å². The third-order valence-electron chi connectivity index (χ3n) is 8.25. The molecular weight excluding hydrogens is 540 g/mol. The van der Waals surface area contributed by atoms with Crippen LogP contribution in [0.15, 0.2) is 150 Å². The molecule has 0 saturated heterocycles. The Morgan fingerprint density at radius 1 is 0.409 bits per heavy atom. The van der Waals surface area contributed by atoms with Gasteiger partial charge in [-0.1, -0.05) is 103 Å². The lowest BCUT2D eigenvalue weighted by Crippen LogP contribution is -2.00. The van der Waals surface area contributed by atoms with Crippen LogP contribution in [0.1, 0.15) is 0 Å². The normalized spacial score (nSPS) is 11.6. The Morgan fingerprint density at radius 3 is 1.70 bits per heavy atom. The van der Waals surface area contributed by atoms with Crippen molar-refractivity contribution < 1.29 is 4.42 Å². The van der Waals surface area contributed by atoms with Gasteiger partial charge in [-0.2, -0.15) is 0 Å². The van der Waals surface area contributed by atoms with Gasteiger partial charge in [-0.3, -0.25) is 0 Å². The first-order chi connectivity index (χ1) is 21.8. The molecule has 44 heavy (non-hydrogen) atoms. The van der Waals surface area contributed by atoms with E-state index in [9.17, 15) is 0 Å². The average molecular weight is 565 g/mol. The fraction of sp³-hybridized carbons (Fsp3) is 0. The first-order valence-electron chi connectivity index (χ1n) is 14.6. The largest absolute Gasteiger partial charge is 0.456 e. The summed E-state index contributed by atoms with van der Waals surface area (Å²) in [6, 6.07) is 49.7. The molecule has 0 aliphatic heterocycles. The number of benzene rings is 6. The van der Waals surface area contributed by atoms with Crippen molar-refractivity contribution in [1.29, 1.82) is 0 Å². The number of hydrogen-bond donors (Lipinski definition) is 0. The van der Waals surface area contributed by atoms with Crippen LogP contribution in [0.25, 0.3) is 83.6 Å². The van der Waals surface area contributed by atoms with Crippen molar-refractivity contribution in [2.45, 2.75) is 0 Å². The van der Waals surface area contributed by atoms with E-state index in [1.54, 1.807) is 0 Å². The van der Waals surface area contributed by atoms with Crippen LogP contribution in [0.3, 0.4) is 0 Å². The SMILES string of the molecule is c1ccc(-c2nc(-c3ccccc3)nc(-c3ccc4c(c3)c3ccccc3n4-c3cccc4oc5ccccc5c34)n2)cc1. The zero-order valence-electron chi connectivity index (χ0n) is 23.6. The minimum atomic E-state index is 0.638. The third-order valence-corrected chi connectivity index (χ3v) is 8.25. The van der Waals surface area contributed by atoms with Crippen LogP contribution >= 0.6 is 0 Å². The summed E-state index contributed by atoms with van der Waals surface area (Å²) < 4.78 is 8.60. The van der Waals surface area contributed by atoms with E-state index in [4.69, 9.17) is 19.4 Å². The molecule has 3 aromatic heterocycles. The molecule has 5 heteroatoms. The van der Waals surface area contributed by atoms with Crippen LogP contribution in [-0.4, -0.2) is 19.5 Å². The molecule has 0 spiro atoms. The van der Waals surface area contributed by atoms with Gasteiger partial charge in [-0.05, 0) is 42.5 Å². The summed E-state index contributed by atoms with van der Waals surface area (Å²) in [6.45, 7) is 0. The van der Waals surface area contributed by atoms with Gasteiger partial charge in [0.25, 0.3) is 0 Å². The molecule has 0 radical (unpaired) electrons. The average Bonchev–Trinajstić information content (AvgIpc) is 3.64. The van der Waals surface area contributed by atoms with Gasteiger partial charge in [-0.15, -0.1) is 0 Å². The van der Waals surface area contributed by atoms with E-state index in [1.165, 1.54) is 0 Å². The Balaban J connectivity index is 1.29. The molecule has 0 aliphatic carbocycles. The standard InChI is InChI=1S/C39H24N4O/c1-3-12-25(13-4-1)37-40-38(26-14-5-2-6-15-26)42-39(41-37)27-22-23-32-30(24-27)28-16-7-9-18-31(28)43(32)33-19-11-21-35-36(33)29-17-8-10-20-34(29)44-35/h1-24H. The van der Waals surface area contributed by atoms with Crippen molar-refractivity contribution in [2.24, 2.45) is 0 Å². The highest BCUT2D eigenvalue weighted by molar-refractivity contribution is 6.14. The van der Waals surface area contributed by atoms with Gasteiger partial charge in [0.1, 0.15) is 11.2 Å². The Morgan fingerprint density at radius 2 is 0.977 bits per heavy atom. The monoisotopic (exact) mass is 564 g/mol. The maximum Gasteiger partial charge on any atom is 0.164 e. The molecule has 0 N–H and O–H groups in total. The first-order valence-corrected chi connectivity index (χ1v) is 14.6. The van der Waals surface area contributed by atoms with Gasteiger partial charge in [0.2, 0.25) is 0 Å². The van der Waals surface area contributed by atoms with Crippen LogP contribution in [0.5, 0.6) is 0 Å². The zero-order valence-corrected chi connectivity index (χ0v) is 23.6. The van der Waals surface area contributed by atoms with Gasteiger partial charge < -0.3 is 8.98 Å². The van der Waals surface area contributed by atoms with Crippen molar-refractivity contribution >= 4 is 43.7 Å². The molecule has 3 heterocycles. The van der Waals surface area contributed by atoms with E-state index < -0.39 is 0 Å². The van der Waals surface area contributed by atoms with Gasteiger partial charge in [0.15, 0.2) is 17.5 Å². The highest BCUT2D eigenvalue weighted by Crippen LogP contribution is 2.39. The predicted octanol–water partition coefficient (Wildman–Crippen LogP) is 9.87. The molecular formula is C39H24N4O. The van der Waals surface area contributed by atoms with E-state index >= 15 is 0 Å². The molecule has 5 nitrogen and oxygen atoms in total. The highest BCUT2D eigenvalue weighted by atomic mass is 16.3. The Kier molecular flexibility index (Phi) is 5.43. The third kappa shape index (κ3) is 3.83. The molecule has 0 bridgehead atoms. The van der Waals surface area contributed by atoms with Crippen LogP contribution in [0, 0.1) is 0 Å². The lowest BCUT2D eigenvalue weighted by molar-refractivity contribution is 0.669. The maximum absolute atomic E-state index is 6.25. The molecule has 9 aromatic rings. The molecule has 0 amide bonds. The molecule has 0 fully saturated rings. The van der Waals surface area contributed by atoms with Crippen molar-refractivity contribution in [3.63, 3.8) is 0 Å². The van der Waals surface area contributed by atoms with Crippen LogP contribution < -0.4 is 0 Å². The van der Waals surface area contributed by atoms with Crippen molar-refractivity contribution in [1.82, 2.24) is 19.5 Å². The minimum absolute atomic E-state index is 0.638. The summed E-state index contributed by atoms with van der Waals surface area (Å²) in [5.41, 5.74) is 7.91. The van der Waals surface area contributed by atoms with E-state index in [0.717, 1.165) is 66.1 Å². The minimum Gasteiger partial charge on any atom is -0.456 e. The van der Waals surface area contributed by atoms with Crippen molar-refractivity contribution in [2.75, 3.05) is 0 Å². The number of hydrogen-bond acceptors (Lipinski definition) is 4. The smallest absolute Gasteiger partial charge is 0.164 e. The molecule has 6 aromatic carbocycles. The quantitative estimate of drug-likeness (QED) is 0.213. The van der Waals surface area contributed by atoms with Gasteiger partial charge in [0.05, 0.1) is 22.1 Å². The van der Waals surface area contributed by atoms with Crippen molar-refractivity contribution in [3.05, 3.63) is 146 Å². The molecule has 0 unspecified atom stereocenters. The number of aromatic nitrogens is 4. The number of para-hydroxylation sites is 2. The summed E-state index contributed by atoms with van der Waals surface area (Å²) in [7, 11) is 0. The van der Waals surface area contributed by atoms with Crippen LogP contribution in [-0.2, 0) is 0 Å². The van der Waals surface area contributed by atoms with E-state index in [-0.39, 0.29) is 0 Å². The van der Waals surface area contributed by atoms with E-state index in [1.807, 2.05) is 78.9 Å². The summed E-state index contributed by atoms with van der Waals surface area (Å²) in [5.74, 6) is 1.94. The highest BCUT2D eigenvalue weighted by Gasteiger charge is 2.19. The zero-order chi connectivity index (χ0) is 29.0. The maximum atomic E-state index is 6.25. The number of nitrogens with zero attached hydrogens (tertiary/aromatic N) is 4. The van der Waals surface area contributed by atoms with Gasteiger partial charge >= 0.3 is 0 Å². The van der Waals surface area contributed by atoms with Gasteiger partial charge in [-0.25, -0.2) is 15.0 Å². The fourth-order valence-corrected chi connectivity index (χ4v) is 6.25. The second-order valence-corrected chi connectivity index (χ2v) is 10.9. The molecule has 0 saturated carbocycles. The molecule has 206 valence electrons. The van der Waals surface area contributed by atoms with E-state index in [0.29, 0.717) is 17.5 Å². The molecule has 0 aliphatic rings. The van der Waals surface area contributed by atoms with Crippen LogP contribution in [0.2, 0.25) is 0 Å². The summed E-state index contributed by atoms with van der Waals surface area (Å²) in [6.07, 6.45) is 0. The van der Waals surface area contributed by atoms with Gasteiger partial charge in [0, 0.05) is 32.8 Å². The van der Waals surface area contributed by atoms with E-state index in [2.05, 4.69) is 71.3 Å². The Hall–Kier alpha value is -6.07. The Bertz CT molecular complexity index is 2440. The fourth-order valence-electron chi connectivity index (χ4n) is 6.25. The van der Waals surface area contributed by atoms with Crippen LogP contribution in [0.4, 0.5) is 0 Å². The summed E-state index contributed by atoms with van der Waals surface area (Å²) in [5, 5.41) is 4.50. The second kappa shape index (κ2) is 9.75. The Labute approximate surface area is 252 Å². The summed E-state index contributed by atoms with van der Waals surface area (Å²) in [4.78, 5) is 14.8. The first kappa shape index (κ1) is 24.5.